The number of hydrogen-bond acceptors (Lipinski definition) is 6. The quantitative estimate of drug-likeness (QED) is 0.742. The first kappa shape index (κ1) is 16.2. The van der Waals surface area contributed by atoms with E-state index in [9.17, 15) is 4.39 Å². The van der Waals surface area contributed by atoms with Gasteiger partial charge in [-0.3, -0.25) is 4.99 Å². The van der Waals surface area contributed by atoms with Crippen molar-refractivity contribution in [2.75, 3.05) is 17.3 Å². The minimum atomic E-state index is -0.299. The van der Waals surface area contributed by atoms with Crippen molar-refractivity contribution in [3.8, 4) is 11.3 Å². The molecular formula is C19H20FN7. The largest absolute Gasteiger partial charge is 0.367 e. The van der Waals surface area contributed by atoms with Gasteiger partial charge in [-0.2, -0.15) is 9.61 Å². The third-order valence-corrected chi connectivity index (χ3v) is 4.99. The molecule has 8 heteroatoms. The van der Waals surface area contributed by atoms with Gasteiger partial charge in [0.2, 0.25) is 0 Å². The van der Waals surface area contributed by atoms with Gasteiger partial charge in [-0.25, -0.2) is 9.37 Å². The Morgan fingerprint density at radius 2 is 2.15 bits per heavy atom. The normalized spacial score (nSPS) is 16.0. The molecule has 5 rings (SSSR count). The molecule has 0 amide bonds. The van der Waals surface area contributed by atoms with Crippen molar-refractivity contribution in [1.82, 2.24) is 14.6 Å². The molecule has 27 heavy (non-hydrogen) atoms. The highest BCUT2D eigenvalue weighted by molar-refractivity contribution is 5.84. The average Bonchev–Trinajstić information content (AvgIpc) is 3.38. The van der Waals surface area contributed by atoms with Crippen LogP contribution in [0.4, 0.5) is 16.0 Å². The Labute approximate surface area is 155 Å². The highest BCUT2D eigenvalue weighted by Gasteiger charge is 2.27. The molecule has 0 radical (unpaired) electrons. The van der Waals surface area contributed by atoms with Crippen LogP contribution in [0.25, 0.3) is 16.9 Å². The third kappa shape index (κ3) is 2.73. The SMILES string of the molecule is CN1C=NCc2c(NC3CC3)nc3cc(-c4ccc(F)c(CN)c4)nn3c21. The lowest BCUT2D eigenvalue weighted by Gasteiger charge is -2.24. The standard InChI is InChI=1S/C19H20FN7/c1-26-10-22-9-14-18(23-13-3-4-13)24-17-7-16(25-27(17)19(14)26)11-2-5-15(20)12(6-11)8-21/h2,5-7,10,13H,3-4,8-9,21H2,1H3,(H,23,24). The van der Waals surface area contributed by atoms with Crippen molar-refractivity contribution in [2.45, 2.75) is 32.0 Å². The van der Waals surface area contributed by atoms with Gasteiger partial charge in [-0.15, -0.1) is 0 Å². The number of aromatic nitrogens is 3. The van der Waals surface area contributed by atoms with E-state index in [-0.39, 0.29) is 12.4 Å². The van der Waals surface area contributed by atoms with E-state index in [4.69, 9.17) is 15.8 Å². The average molecular weight is 365 g/mol. The Bertz CT molecular complexity index is 1070. The molecule has 3 heterocycles. The monoisotopic (exact) mass is 365 g/mol. The summed E-state index contributed by atoms with van der Waals surface area (Å²) in [5, 5.41) is 8.26. The van der Waals surface area contributed by atoms with Crippen molar-refractivity contribution in [2.24, 2.45) is 10.7 Å². The van der Waals surface area contributed by atoms with Gasteiger partial charge in [0.15, 0.2) is 5.65 Å². The van der Waals surface area contributed by atoms with Crippen LogP contribution in [0.2, 0.25) is 0 Å². The van der Waals surface area contributed by atoms with Crippen LogP contribution in [0, 0.1) is 5.82 Å². The molecule has 0 unspecified atom stereocenters. The number of benzene rings is 1. The molecule has 1 aliphatic carbocycles. The Morgan fingerprint density at radius 3 is 2.93 bits per heavy atom. The number of rotatable bonds is 4. The predicted octanol–water partition coefficient (Wildman–Crippen LogP) is 2.55. The zero-order chi connectivity index (χ0) is 18.5. The first-order valence-electron chi connectivity index (χ1n) is 9.05. The zero-order valence-electron chi connectivity index (χ0n) is 15.0. The van der Waals surface area contributed by atoms with Crippen LogP contribution < -0.4 is 16.0 Å². The number of nitrogens with one attached hydrogen (secondary N) is 1. The van der Waals surface area contributed by atoms with Gasteiger partial charge in [-0.1, -0.05) is 0 Å². The Kier molecular flexibility index (Phi) is 3.61. The smallest absolute Gasteiger partial charge is 0.160 e. The van der Waals surface area contributed by atoms with Crippen LogP contribution in [0.15, 0.2) is 29.3 Å². The van der Waals surface area contributed by atoms with E-state index < -0.39 is 0 Å². The number of nitrogens with two attached hydrogens (primary N) is 1. The fraction of sp³-hybridized carbons (Fsp3) is 0.316. The summed E-state index contributed by atoms with van der Waals surface area (Å²) in [5.74, 6) is 1.52. The number of fused-ring (bicyclic) bond motifs is 3. The number of halogens is 1. The second kappa shape index (κ2) is 6.02. The van der Waals surface area contributed by atoms with Crippen molar-refractivity contribution < 1.29 is 4.39 Å². The number of nitrogens with zero attached hydrogens (tertiary/aromatic N) is 5. The highest BCUT2D eigenvalue weighted by Crippen LogP contribution is 2.34. The van der Waals surface area contributed by atoms with Crippen molar-refractivity contribution in [3.63, 3.8) is 0 Å². The van der Waals surface area contributed by atoms with Crippen LogP contribution in [0.1, 0.15) is 24.0 Å². The van der Waals surface area contributed by atoms with E-state index in [1.54, 1.807) is 18.5 Å². The minimum absolute atomic E-state index is 0.148. The number of anilines is 2. The third-order valence-electron chi connectivity index (χ3n) is 4.99. The molecule has 3 aromatic rings. The molecule has 1 saturated carbocycles. The lowest BCUT2D eigenvalue weighted by Crippen LogP contribution is -2.25. The van der Waals surface area contributed by atoms with Crippen LogP contribution in [-0.2, 0) is 13.1 Å². The van der Waals surface area contributed by atoms with E-state index in [1.807, 2.05) is 22.5 Å². The maximum absolute atomic E-state index is 13.8. The van der Waals surface area contributed by atoms with Crippen LogP contribution in [0.3, 0.4) is 0 Å². The molecule has 2 aromatic heterocycles. The topological polar surface area (TPSA) is 83.8 Å². The van der Waals surface area contributed by atoms with Gasteiger partial charge >= 0.3 is 0 Å². The summed E-state index contributed by atoms with van der Waals surface area (Å²) in [4.78, 5) is 11.2. The molecular weight excluding hydrogens is 345 g/mol. The summed E-state index contributed by atoms with van der Waals surface area (Å²) in [6, 6.07) is 7.32. The van der Waals surface area contributed by atoms with E-state index in [0.717, 1.165) is 34.1 Å². The fourth-order valence-electron chi connectivity index (χ4n) is 3.41. The molecule has 1 aromatic carbocycles. The summed E-state index contributed by atoms with van der Waals surface area (Å²) in [5.41, 5.74) is 9.45. The molecule has 0 bridgehead atoms. The second-order valence-electron chi connectivity index (χ2n) is 7.06. The van der Waals surface area contributed by atoms with Crippen molar-refractivity contribution >= 4 is 23.6 Å². The molecule has 0 spiro atoms. The number of aliphatic imine (C=N–C) groups is 1. The van der Waals surface area contributed by atoms with Gasteiger partial charge in [0.05, 0.1) is 24.1 Å². The summed E-state index contributed by atoms with van der Waals surface area (Å²) >= 11 is 0. The first-order valence-corrected chi connectivity index (χ1v) is 9.05. The summed E-state index contributed by atoms with van der Waals surface area (Å²) in [7, 11) is 1.95. The van der Waals surface area contributed by atoms with Gasteiger partial charge in [-0.05, 0) is 31.0 Å². The molecule has 2 aliphatic rings. The fourth-order valence-corrected chi connectivity index (χ4v) is 3.41. The van der Waals surface area contributed by atoms with Gasteiger partial charge in [0, 0.05) is 36.8 Å². The van der Waals surface area contributed by atoms with Crippen molar-refractivity contribution in [1.29, 1.82) is 0 Å². The molecule has 3 N–H and O–H groups in total. The second-order valence-corrected chi connectivity index (χ2v) is 7.06. The lowest BCUT2D eigenvalue weighted by molar-refractivity contribution is 0.611. The summed E-state index contributed by atoms with van der Waals surface area (Å²) < 4.78 is 15.6. The van der Waals surface area contributed by atoms with Crippen LogP contribution >= 0.6 is 0 Å². The van der Waals surface area contributed by atoms with Crippen LogP contribution in [0.5, 0.6) is 0 Å². The van der Waals surface area contributed by atoms with E-state index in [0.29, 0.717) is 18.2 Å². The van der Waals surface area contributed by atoms with Crippen LogP contribution in [-0.4, -0.2) is 34.0 Å². The highest BCUT2D eigenvalue weighted by atomic mass is 19.1. The summed E-state index contributed by atoms with van der Waals surface area (Å²) in [6.45, 7) is 0.718. The van der Waals surface area contributed by atoms with E-state index in [2.05, 4.69) is 10.3 Å². The molecule has 7 nitrogen and oxygen atoms in total. The van der Waals surface area contributed by atoms with E-state index in [1.165, 1.54) is 18.9 Å². The lowest BCUT2D eigenvalue weighted by atomic mass is 10.1. The molecule has 1 fully saturated rings. The minimum Gasteiger partial charge on any atom is -0.367 e. The van der Waals surface area contributed by atoms with Crippen molar-refractivity contribution in [3.05, 3.63) is 41.2 Å². The van der Waals surface area contributed by atoms with Gasteiger partial charge in [0.25, 0.3) is 0 Å². The maximum atomic E-state index is 13.8. The molecule has 0 saturated heterocycles. The first-order chi connectivity index (χ1) is 13.1. The Hall–Kier alpha value is -3.00. The molecule has 1 aliphatic heterocycles. The maximum Gasteiger partial charge on any atom is 0.160 e. The zero-order valence-corrected chi connectivity index (χ0v) is 15.0. The van der Waals surface area contributed by atoms with Gasteiger partial charge < -0.3 is 16.0 Å². The molecule has 138 valence electrons. The predicted molar refractivity (Wildman–Crippen MR) is 104 cm³/mol. The molecule has 0 atom stereocenters. The number of hydrogen-bond donors (Lipinski definition) is 2. The Morgan fingerprint density at radius 1 is 1.30 bits per heavy atom. The summed E-state index contributed by atoms with van der Waals surface area (Å²) in [6.07, 6.45) is 4.14. The van der Waals surface area contributed by atoms with E-state index >= 15 is 0 Å². The van der Waals surface area contributed by atoms with Gasteiger partial charge in [0.1, 0.15) is 17.5 Å². The Balaban J connectivity index is 1.68.